The fourth-order valence-electron chi connectivity index (χ4n) is 1.68. The number of likely N-dealkylation sites (tertiary alicyclic amines) is 1. The zero-order valence-electron chi connectivity index (χ0n) is 9.17. The van der Waals surface area contributed by atoms with Crippen molar-refractivity contribution in [2.45, 2.75) is 12.8 Å². The second-order valence-electron chi connectivity index (χ2n) is 3.63. The maximum atomic E-state index is 5.14. The van der Waals surface area contributed by atoms with Crippen LogP contribution in [0.3, 0.4) is 0 Å². The van der Waals surface area contributed by atoms with Crippen molar-refractivity contribution in [1.29, 1.82) is 0 Å². The molecule has 0 unspecified atom stereocenters. The molecule has 0 amide bonds. The van der Waals surface area contributed by atoms with Gasteiger partial charge >= 0.3 is 0 Å². The summed E-state index contributed by atoms with van der Waals surface area (Å²) in [7, 11) is 0. The van der Waals surface area contributed by atoms with E-state index in [0.717, 1.165) is 12.3 Å². The van der Waals surface area contributed by atoms with E-state index in [1.54, 1.807) is 12.5 Å². The fourth-order valence-corrected chi connectivity index (χ4v) is 1.68. The lowest BCUT2D eigenvalue weighted by molar-refractivity contribution is 0.120. The highest BCUT2D eigenvalue weighted by molar-refractivity contribution is 5.85. The largest absolute Gasteiger partial charge is 0.463 e. The molecule has 1 fully saturated rings. The minimum absolute atomic E-state index is 0. The standard InChI is InChI=1S/C11H16N2O2.ClH/c1-2-6-13(5-1)7-9-15-12-10-11-4-3-8-14-11;/h3-4,8,10H,1-2,5-7,9H2;1H. The molecule has 1 aromatic heterocycles. The van der Waals surface area contributed by atoms with Crippen LogP contribution in [0.1, 0.15) is 18.6 Å². The van der Waals surface area contributed by atoms with Crippen molar-refractivity contribution in [2.75, 3.05) is 26.2 Å². The van der Waals surface area contributed by atoms with E-state index < -0.39 is 0 Å². The number of rotatable bonds is 5. The second-order valence-corrected chi connectivity index (χ2v) is 3.63. The van der Waals surface area contributed by atoms with Gasteiger partial charge in [0, 0.05) is 6.54 Å². The molecule has 0 radical (unpaired) electrons. The molecule has 1 saturated heterocycles. The first kappa shape index (κ1) is 13.1. The van der Waals surface area contributed by atoms with Crippen LogP contribution in [0.25, 0.3) is 0 Å². The van der Waals surface area contributed by atoms with E-state index in [1.165, 1.54) is 25.9 Å². The van der Waals surface area contributed by atoms with Gasteiger partial charge in [-0.1, -0.05) is 5.16 Å². The summed E-state index contributed by atoms with van der Waals surface area (Å²) in [4.78, 5) is 7.53. The lowest BCUT2D eigenvalue weighted by Crippen LogP contribution is -2.23. The van der Waals surface area contributed by atoms with Crippen molar-refractivity contribution in [3.8, 4) is 0 Å². The molecule has 1 aliphatic heterocycles. The van der Waals surface area contributed by atoms with E-state index in [2.05, 4.69) is 10.1 Å². The van der Waals surface area contributed by atoms with Crippen LogP contribution in [0, 0.1) is 0 Å². The molecule has 0 N–H and O–H groups in total. The topological polar surface area (TPSA) is 38.0 Å². The average Bonchev–Trinajstić information content (AvgIpc) is 2.88. The molecule has 1 aliphatic rings. The smallest absolute Gasteiger partial charge is 0.148 e. The number of hydrogen-bond donors (Lipinski definition) is 0. The summed E-state index contributed by atoms with van der Waals surface area (Å²) in [6, 6.07) is 3.67. The van der Waals surface area contributed by atoms with Gasteiger partial charge < -0.3 is 9.25 Å². The molecular weight excluding hydrogens is 228 g/mol. The highest BCUT2D eigenvalue weighted by atomic mass is 35.5. The van der Waals surface area contributed by atoms with E-state index in [9.17, 15) is 0 Å². The number of hydrogen-bond acceptors (Lipinski definition) is 4. The molecule has 0 saturated carbocycles. The minimum atomic E-state index is 0. The average molecular weight is 245 g/mol. The third-order valence-electron chi connectivity index (χ3n) is 2.50. The Morgan fingerprint density at radius 3 is 2.94 bits per heavy atom. The Morgan fingerprint density at radius 2 is 2.25 bits per heavy atom. The van der Waals surface area contributed by atoms with Gasteiger partial charge in [0.05, 0.1) is 6.26 Å². The van der Waals surface area contributed by atoms with Gasteiger partial charge in [-0.25, -0.2) is 0 Å². The fraction of sp³-hybridized carbons (Fsp3) is 0.545. The first-order valence-corrected chi connectivity index (χ1v) is 5.36. The summed E-state index contributed by atoms with van der Waals surface area (Å²) >= 11 is 0. The van der Waals surface area contributed by atoms with Crippen LogP contribution in [0.15, 0.2) is 28.0 Å². The van der Waals surface area contributed by atoms with Crippen LogP contribution in [-0.2, 0) is 4.84 Å². The van der Waals surface area contributed by atoms with Gasteiger partial charge in [0.2, 0.25) is 0 Å². The predicted molar refractivity (Wildman–Crippen MR) is 65.2 cm³/mol. The van der Waals surface area contributed by atoms with E-state index in [0.29, 0.717) is 6.61 Å². The van der Waals surface area contributed by atoms with Crippen molar-refractivity contribution in [3.63, 3.8) is 0 Å². The van der Waals surface area contributed by atoms with Crippen molar-refractivity contribution in [2.24, 2.45) is 5.16 Å². The molecule has 90 valence electrons. The lowest BCUT2D eigenvalue weighted by Gasteiger charge is -2.12. The van der Waals surface area contributed by atoms with E-state index in [1.807, 2.05) is 12.1 Å². The highest BCUT2D eigenvalue weighted by Gasteiger charge is 2.10. The van der Waals surface area contributed by atoms with E-state index in [4.69, 9.17) is 9.25 Å². The van der Waals surface area contributed by atoms with Crippen LogP contribution < -0.4 is 0 Å². The minimum Gasteiger partial charge on any atom is -0.463 e. The molecule has 16 heavy (non-hydrogen) atoms. The zero-order chi connectivity index (χ0) is 10.3. The SMILES string of the molecule is C(=NOCCN1CCCC1)c1ccco1.Cl. The maximum absolute atomic E-state index is 5.14. The molecule has 1 aromatic rings. The number of furan rings is 1. The third-order valence-corrected chi connectivity index (χ3v) is 2.50. The quantitative estimate of drug-likeness (QED) is 0.453. The Hall–Kier alpha value is -1.00. The van der Waals surface area contributed by atoms with E-state index in [-0.39, 0.29) is 12.4 Å². The van der Waals surface area contributed by atoms with Crippen molar-refractivity contribution in [1.82, 2.24) is 4.90 Å². The monoisotopic (exact) mass is 244 g/mol. The van der Waals surface area contributed by atoms with Crippen LogP contribution in [0.2, 0.25) is 0 Å². The van der Waals surface area contributed by atoms with Gasteiger partial charge in [-0.05, 0) is 38.1 Å². The molecule has 4 nitrogen and oxygen atoms in total. The summed E-state index contributed by atoms with van der Waals surface area (Å²) in [5.41, 5.74) is 0. The molecule has 0 aromatic carbocycles. The molecule has 0 atom stereocenters. The summed E-state index contributed by atoms with van der Waals surface area (Å²) < 4.78 is 5.07. The molecular formula is C11H17ClN2O2. The van der Waals surface area contributed by atoms with E-state index >= 15 is 0 Å². The second kappa shape index (κ2) is 7.30. The number of oxime groups is 1. The zero-order valence-corrected chi connectivity index (χ0v) is 9.99. The normalized spacial score (nSPS) is 16.5. The van der Waals surface area contributed by atoms with Gasteiger partial charge in [0.1, 0.15) is 18.6 Å². The van der Waals surface area contributed by atoms with Crippen molar-refractivity contribution in [3.05, 3.63) is 24.2 Å². The van der Waals surface area contributed by atoms with Crippen LogP contribution in [0.5, 0.6) is 0 Å². The van der Waals surface area contributed by atoms with Crippen molar-refractivity contribution < 1.29 is 9.25 Å². The Labute approximate surface area is 102 Å². The van der Waals surface area contributed by atoms with Crippen LogP contribution in [-0.4, -0.2) is 37.4 Å². The first-order valence-electron chi connectivity index (χ1n) is 5.36. The molecule has 0 spiro atoms. The molecule has 2 rings (SSSR count). The molecule has 2 heterocycles. The first-order chi connectivity index (χ1) is 7.45. The van der Waals surface area contributed by atoms with Gasteiger partial charge in [-0.2, -0.15) is 0 Å². The molecule has 0 aliphatic carbocycles. The lowest BCUT2D eigenvalue weighted by atomic mass is 10.4. The Kier molecular flexibility index (Phi) is 5.96. The van der Waals surface area contributed by atoms with Gasteiger partial charge in [-0.3, -0.25) is 4.90 Å². The summed E-state index contributed by atoms with van der Waals surface area (Å²) in [6.45, 7) is 4.02. The Balaban J connectivity index is 0.00000128. The van der Waals surface area contributed by atoms with Gasteiger partial charge in [-0.15, -0.1) is 12.4 Å². The Morgan fingerprint density at radius 1 is 1.44 bits per heavy atom. The molecule has 5 heteroatoms. The summed E-state index contributed by atoms with van der Waals surface area (Å²) in [6.07, 6.45) is 5.83. The van der Waals surface area contributed by atoms with Crippen LogP contribution >= 0.6 is 12.4 Å². The van der Waals surface area contributed by atoms with Gasteiger partial charge in [0.15, 0.2) is 0 Å². The number of halogens is 1. The van der Waals surface area contributed by atoms with Gasteiger partial charge in [0.25, 0.3) is 0 Å². The predicted octanol–water partition coefficient (Wildman–Crippen LogP) is 2.15. The third kappa shape index (κ3) is 4.24. The maximum Gasteiger partial charge on any atom is 0.148 e. The highest BCUT2D eigenvalue weighted by Crippen LogP contribution is 2.05. The molecule has 0 bridgehead atoms. The van der Waals surface area contributed by atoms with Crippen LogP contribution in [0.4, 0.5) is 0 Å². The van der Waals surface area contributed by atoms with Crippen molar-refractivity contribution >= 4 is 18.6 Å². The summed E-state index contributed by atoms with van der Waals surface area (Å²) in [5.74, 6) is 0.719. The summed E-state index contributed by atoms with van der Waals surface area (Å²) in [5, 5.41) is 3.83. The Bertz CT molecular complexity index is 295. The number of nitrogens with zero attached hydrogens (tertiary/aromatic N) is 2.